The fourth-order valence-corrected chi connectivity index (χ4v) is 4.11. The van der Waals surface area contributed by atoms with Crippen molar-refractivity contribution in [3.63, 3.8) is 0 Å². The van der Waals surface area contributed by atoms with E-state index in [-0.39, 0.29) is 18.1 Å². The Morgan fingerprint density at radius 3 is 2.16 bits per heavy atom. The normalized spacial score (nSPS) is 10.5. The largest absolute Gasteiger partial charge is 0.496 e. The molecule has 0 aliphatic heterocycles. The lowest BCUT2D eigenvalue weighted by molar-refractivity contribution is -0.115. The molecule has 0 heterocycles. The summed E-state index contributed by atoms with van der Waals surface area (Å²) in [6.45, 7) is 3.81. The number of benzene rings is 4. The van der Waals surface area contributed by atoms with E-state index >= 15 is 0 Å². The van der Waals surface area contributed by atoms with Crippen LogP contribution in [0.4, 0.5) is 11.4 Å². The van der Waals surface area contributed by atoms with E-state index in [2.05, 4.69) is 10.6 Å². The Labute approximate surface area is 216 Å². The first kappa shape index (κ1) is 25.4. The highest BCUT2D eigenvalue weighted by molar-refractivity contribution is 6.16. The van der Waals surface area contributed by atoms with E-state index in [4.69, 9.17) is 4.74 Å². The number of methoxy groups -OCH3 is 1. The van der Waals surface area contributed by atoms with Crippen LogP contribution in [0.25, 0.3) is 0 Å². The number of hydrogen-bond acceptors (Lipinski definition) is 4. The highest BCUT2D eigenvalue weighted by Crippen LogP contribution is 2.24. The van der Waals surface area contributed by atoms with E-state index in [1.807, 2.05) is 44.2 Å². The number of ketones is 1. The molecule has 0 aliphatic carbocycles. The monoisotopic (exact) mass is 492 g/mol. The quantitative estimate of drug-likeness (QED) is 0.297. The molecule has 186 valence electrons. The summed E-state index contributed by atoms with van der Waals surface area (Å²) in [5.74, 6) is -0.106. The van der Waals surface area contributed by atoms with Crippen molar-refractivity contribution < 1.29 is 19.1 Å². The molecule has 4 aromatic rings. The zero-order chi connectivity index (χ0) is 26.4. The van der Waals surface area contributed by atoms with Gasteiger partial charge in [0.2, 0.25) is 5.91 Å². The number of carbonyl (C=O) groups excluding carboxylic acids is 3. The van der Waals surface area contributed by atoms with Gasteiger partial charge in [-0.2, -0.15) is 0 Å². The lowest BCUT2D eigenvalue weighted by Gasteiger charge is -2.14. The van der Waals surface area contributed by atoms with E-state index in [9.17, 15) is 14.4 Å². The Hall–Kier alpha value is -4.71. The highest BCUT2D eigenvalue weighted by Gasteiger charge is 2.19. The first-order valence-electron chi connectivity index (χ1n) is 11.9. The van der Waals surface area contributed by atoms with Gasteiger partial charge < -0.3 is 15.4 Å². The Bertz CT molecular complexity index is 1460. The molecule has 0 saturated heterocycles. The molecule has 4 rings (SSSR count). The average molecular weight is 493 g/mol. The number of rotatable bonds is 8. The summed E-state index contributed by atoms with van der Waals surface area (Å²) in [7, 11) is 1.60. The number of aryl methyl sites for hydroxylation is 2. The molecular weight excluding hydrogens is 464 g/mol. The van der Waals surface area contributed by atoms with Crippen LogP contribution in [-0.4, -0.2) is 24.7 Å². The van der Waals surface area contributed by atoms with Gasteiger partial charge in [0.25, 0.3) is 5.91 Å². The first-order chi connectivity index (χ1) is 17.9. The molecule has 2 amide bonds. The van der Waals surface area contributed by atoms with Crippen LogP contribution >= 0.6 is 0 Å². The van der Waals surface area contributed by atoms with Gasteiger partial charge in [-0.3, -0.25) is 14.4 Å². The minimum Gasteiger partial charge on any atom is -0.496 e. The molecular formula is C31H28N2O4. The van der Waals surface area contributed by atoms with Gasteiger partial charge in [0.15, 0.2) is 5.78 Å². The third kappa shape index (κ3) is 6.11. The molecule has 37 heavy (non-hydrogen) atoms. The number of amides is 2. The maximum absolute atomic E-state index is 13.3. The van der Waals surface area contributed by atoms with Crippen molar-refractivity contribution in [1.29, 1.82) is 0 Å². The van der Waals surface area contributed by atoms with Crippen LogP contribution in [0.3, 0.4) is 0 Å². The van der Waals surface area contributed by atoms with Gasteiger partial charge in [-0.1, -0.05) is 66.2 Å². The second-order valence-corrected chi connectivity index (χ2v) is 8.77. The van der Waals surface area contributed by atoms with Gasteiger partial charge in [0.1, 0.15) is 5.75 Å². The van der Waals surface area contributed by atoms with E-state index < -0.39 is 5.91 Å². The van der Waals surface area contributed by atoms with E-state index in [1.54, 1.807) is 67.8 Å². The Morgan fingerprint density at radius 2 is 1.43 bits per heavy atom. The minimum absolute atomic E-state index is 0.147. The number of anilines is 2. The standard InChI is InChI=1S/C31H28N2O4/c1-20-13-15-27(25(17-20)30(35)23-9-5-4-6-10-23)33-31(36)24-11-7-8-12-26(24)32-29(34)19-22-14-16-28(37-3)21(2)18-22/h4-18H,19H2,1-3H3,(H,32,34)(H,33,36). The SMILES string of the molecule is COc1ccc(CC(=O)Nc2ccccc2C(=O)Nc2ccc(C)cc2C(=O)c2ccccc2)cc1C. The van der Waals surface area contributed by atoms with Crippen LogP contribution in [0.5, 0.6) is 5.75 Å². The molecule has 0 atom stereocenters. The average Bonchev–Trinajstić information content (AvgIpc) is 2.90. The van der Waals surface area contributed by atoms with Gasteiger partial charge in [0, 0.05) is 11.1 Å². The van der Waals surface area contributed by atoms with Crippen molar-refractivity contribution in [1.82, 2.24) is 0 Å². The Kier molecular flexibility index (Phi) is 7.79. The lowest BCUT2D eigenvalue weighted by Crippen LogP contribution is -2.20. The molecule has 4 aromatic carbocycles. The summed E-state index contributed by atoms with van der Waals surface area (Å²) in [4.78, 5) is 39.3. The third-order valence-electron chi connectivity index (χ3n) is 5.97. The number of nitrogens with one attached hydrogen (secondary N) is 2. The van der Waals surface area contributed by atoms with Gasteiger partial charge in [-0.05, 0) is 55.3 Å². The zero-order valence-corrected chi connectivity index (χ0v) is 21.0. The molecule has 6 nitrogen and oxygen atoms in total. The van der Waals surface area contributed by atoms with Crippen molar-refractivity contribution in [2.45, 2.75) is 20.3 Å². The molecule has 0 aliphatic rings. The zero-order valence-electron chi connectivity index (χ0n) is 21.0. The van der Waals surface area contributed by atoms with Gasteiger partial charge >= 0.3 is 0 Å². The second-order valence-electron chi connectivity index (χ2n) is 8.77. The number of para-hydroxylation sites is 1. The molecule has 6 heteroatoms. The van der Waals surface area contributed by atoms with E-state index in [1.165, 1.54) is 0 Å². The number of hydrogen-bond donors (Lipinski definition) is 2. The summed E-state index contributed by atoms with van der Waals surface area (Å²) in [5, 5.41) is 5.71. The minimum atomic E-state index is -0.429. The first-order valence-corrected chi connectivity index (χ1v) is 11.9. The summed E-state index contributed by atoms with van der Waals surface area (Å²) >= 11 is 0. The van der Waals surface area contributed by atoms with Crippen molar-refractivity contribution in [2.24, 2.45) is 0 Å². The number of carbonyl (C=O) groups is 3. The van der Waals surface area contributed by atoms with Crippen LogP contribution in [0, 0.1) is 13.8 Å². The molecule has 0 bridgehead atoms. The Morgan fingerprint density at radius 1 is 0.730 bits per heavy atom. The maximum Gasteiger partial charge on any atom is 0.257 e. The van der Waals surface area contributed by atoms with Crippen molar-refractivity contribution in [3.05, 3.63) is 124 Å². The van der Waals surface area contributed by atoms with Gasteiger partial charge in [-0.15, -0.1) is 0 Å². The van der Waals surface area contributed by atoms with Crippen LogP contribution < -0.4 is 15.4 Å². The fourth-order valence-electron chi connectivity index (χ4n) is 4.11. The Balaban J connectivity index is 1.54. The van der Waals surface area contributed by atoms with Crippen molar-refractivity contribution in [3.8, 4) is 5.75 Å². The molecule has 0 fully saturated rings. The molecule has 0 radical (unpaired) electrons. The molecule has 0 unspecified atom stereocenters. The topological polar surface area (TPSA) is 84.5 Å². The molecule has 0 aromatic heterocycles. The summed E-state index contributed by atoms with van der Waals surface area (Å²) < 4.78 is 5.28. The summed E-state index contributed by atoms with van der Waals surface area (Å²) in [5.41, 5.74) is 4.69. The molecule has 0 spiro atoms. The highest BCUT2D eigenvalue weighted by atomic mass is 16.5. The summed E-state index contributed by atoms with van der Waals surface area (Å²) in [6.07, 6.45) is 0.147. The van der Waals surface area contributed by atoms with Crippen molar-refractivity contribution in [2.75, 3.05) is 17.7 Å². The fraction of sp³-hybridized carbons (Fsp3) is 0.129. The van der Waals surface area contributed by atoms with Crippen LogP contribution in [0.2, 0.25) is 0 Å². The third-order valence-corrected chi connectivity index (χ3v) is 5.97. The summed E-state index contributed by atoms with van der Waals surface area (Å²) in [6, 6.07) is 26.6. The molecule has 0 saturated carbocycles. The maximum atomic E-state index is 13.3. The smallest absolute Gasteiger partial charge is 0.257 e. The van der Waals surface area contributed by atoms with Gasteiger partial charge in [0.05, 0.1) is 30.5 Å². The second kappa shape index (κ2) is 11.4. The van der Waals surface area contributed by atoms with Gasteiger partial charge in [-0.25, -0.2) is 0 Å². The van der Waals surface area contributed by atoms with Crippen LogP contribution in [-0.2, 0) is 11.2 Å². The van der Waals surface area contributed by atoms with Crippen molar-refractivity contribution >= 4 is 29.0 Å². The predicted octanol–water partition coefficient (Wildman–Crippen LogP) is 5.98. The van der Waals surface area contributed by atoms with Crippen LogP contribution in [0.15, 0.2) is 91.0 Å². The predicted molar refractivity (Wildman–Crippen MR) is 146 cm³/mol. The lowest BCUT2D eigenvalue weighted by atomic mass is 9.99. The number of ether oxygens (including phenoxy) is 1. The van der Waals surface area contributed by atoms with Crippen LogP contribution in [0.1, 0.15) is 43.0 Å². The van der Waals surface area contributed by atoms with E-state index in [0.717, 1.165) is 22.4 Å². The molecule has 2 N–H and O–H groups in total. The van der Waals surface area contributed by atoms with E-state index in [0.29, 0.717) is 28.1 Å².